The van der Waals surface area contributed by atoms with E-state index in [1.165, 1.54) is 0 Å². The Labute approximate surface area is 101 Å². The van der Waals surface area contributed by atoms with Crippen molar-refractivity contribution in [2.45, 2.75) is 25.8 Å². The number of anilines is 1. The molecule has 0 bridgehead atoms. The summed E-state index contributed by atoms with van der Waals surface area (Å²) in [6.45, 7) is 2.05. The average molecular weight is 233 g/mol. The van der Waals surface area contributed by atoms with E-state index in [1.54, 1.807) is 6.07 Å². The molecule has 0 amide bonds. The largest absolute Gasteiger partial charge is 0.380 e. The maximum absolute atomic E-state index is 9.00. The minimum Gasteiger partial charge on any atom is -0.380 e. The van der Waals surface area contributed by atoms with Gasteiger partial charge in [0.25, 0.3) is 0 Å². The van der Waals surface area contributed by atoms with Crippen LogP contribution in [0.3, 0.4) is 0 Å². The number of hydrogen-bond donors (Lipinski definition) is 1. The van der Waals surface area contributed by atoms with Crippen LogP contribution in [0.25, 0.3) is 0 Å². The van der Waals surface area contributed by atoms with Crippen LogP contribution in [0.4, 0.5) is 5.69 Å². The van der Waals surface area contributed by atoms with Gasteiger partial charge in [-0.3, -0.25) is 0 Å². The Kier molecular flexibility index (Phi) is 4.70. The highest BCUT2D eigenvalue weighted by atomic mass is 35.5. The van der Waals surface area contributed by atoms with Gasteiger partial charge in [-0.1, -0.05) is 24.6 Å². The lowest BCUT2D eigenvalue weighted by atomic mass is 10.1. The van der Waals surface area contributed by atoms with Crippen LogP contribution < -0.4 is 5.32 Å². The molecular weight excluding hydrogens is 220 g/mol. The molecule has 0 saturated heterocycles. The maximum Gasteiger partial charge on any atom is 0.103 e. The molecule has 0 aliphatic rings. The van der Waals surface area contributed by atoms with Crippen molar-refractivity contribution in [2.75, 3.05) is 5.32 Å². The molecular formula is C13H13ClN2. The van der Waals surface area contributed by atoms with E-state index >= 15 is 0 Å². The van der Waals surface area contributed by atoms with Crippen molar-refractivity contribution in [2.24, 2.45) is 0 Å². The quantitative estimate of drug-likeness (QED) is 0.808. The highest BCUT2D eigenvalue weighted by molar-refractivity contribution is 6.32. The van der Waals surface area contributed by atoms with E-state index in [0.717, 1.165) is 12.1 Å². The molecule has 1 aromatic rings. The molecule has 0 spiro atoms. The lowest BCUT2D eigenvalue weighted by Gasteiger charge is -2.17. The minimum atomic E-state index is 0.176. The van der Waals surface area contributed by atoms with Crippen LogP contribution in [0, 0.1) is 23.7 Å². The second kappa shape index (κ2) is 6.05. The summed E-state index contributed by atoms with van der Waals surface area (Å²) >= 11 is 5.93. The molecule has 2 nitrogen and oxygen atoms in total. The van der Waals surface area contributed by atoms with Crippen LogP contribution in [0.1, 0.15) is 25.3 Å². The third-order valence-corrected chi connectivity index (χ3v) is 2.66. The summed E-state index contributed by atoms with van der Waals surface area (Å²) in [6, 6.07) is 7.62. The zero-order valence-corrected chi connectivity index (χ0v) is 9.88. The molecule has 0 aromatic heterocycles. The molecule has 0 radical (unpaired) electrons. The van der Waals surface area contributed by atoms with E-state index in [9.17, 15) is 0 Å². The number of halogens is 1. The number of rotatable bonds is 4. The minimum absolute atomic E-state index is 0.176. The van der Waals surface area contributed by atoms with E-state index in [-0.39, 0.29) is 6.04 Å². The summed E-state index contributed by atoms with van der Waals surface area (Å²) in [6.07, 6.45) is 6.82. The summed E-state index contributed by atoms with van der Waals surface area (Å²) < 4.78 is 0. The number of benzene rings is 1. The fourth-order valence-electron chi connectivity index (χ4n) is 1.42. The standard InChI is InChI=1S/C13H13ClN2/c1-3-6-10(4-2)16-13-8-5-7-12(14)11(13)9-15/h1,5,7-8,10,16H,4,6H2,2H3. The zero-order chi connectivity index (χ0) is 12.0. The average Bonchev–Trinajstić information content (AvgIpc) is 2.28. The normalized spacial score (nSPS) is 11.2. The first kappa shape index (κ1) is 12.4. The van der Waals surface area contributed by atoms with Gasteiger partial charge in [0.15, 0.2) is 0 Å². The molecule has 16 heavy (non-hydrogen) atoms. The molecule has 3 heteroatoms. The van der Waals surface area contributed by atoms with E-state index in [1.807, 2.05) is 19.1 Å². The third-order valence-electron chi connectivity index (χ3n) is 2.34. The van der Waals surface area contributed by atoms with Gasteiger partial charge in [-0.25, -0.2) is 0 Å². The molecule has 0 heterocycles. The highest BCUT2D eigenvalue weighted by Crippen LogP contribution is 2.24. The first-order valence-electron chi connectivity index (χ1n) is 5.11. The number of hydrogen-bond acceptors (Lipinski definition) is 2. The van der Waals surface area contributed by atoms with E-state index < -0.39 is 0 Å². The fraction of sp³-hybridized carbons (Fsp3) is 0.308. The molecule has 1 rings (SSSR count). The Morgan fingerprint density at radius 3 is 2.88 bits per heavy atom. The lowest BCUT2D eigenvalue weighted by molar-refractivity contribution is 0.715. The Hall–Kier alpha value is -1.64. The van der Waals surface area contributed by atoms with Gasteiger partial charge in [0.1, 0.15) is 6.07 Å². The molecule has 0 fully saturated rings. The predicted octanol–water partition coefficient (Wildman–Crippen LogP) is 3.43. The van der Waals surface area contributed by atoms with Crippen molar-refractivity contribution >= 4 is 17.3 Å². The lowest BCUT2D eigenvalue weighted by Crippen LogP contribution is -2.18. The van der Waals surface area contributed by atoms with Crippen LogP contribution >= 0.6 is 11.6 Å². The summed E-state index contributed by atoms with van der Waals surface area (Å²) in [5.41, 5.74) is 1.22. The molecule has 0 saturated carbocycles. The van der Waals surface area contributed by atoms with Crippen molar-refractivity contribution in [3.63, 3.8) is 0 Å². The smallest absolute Gasteiger partial charge is 0.103 e. The predicted molar refractivity (Wildman–Crippen MR) is 67.3 cm³/mol. The Morgan fingerprint density at radius 2 is 2.31 bits per heavy atom. The number of nitrogens with zero attached hydrogens (tertiary/aromatic N) is 1. The molecule has 82 valence electrons. The van der Waals surface area contributed by atoms with Crippen LogP contribution in [-0.2, 0) is 0 Å². The van der Waals surface area contributed by atoms with Crippen LogP contribution in [0.5, 0.6) is 0 Å². The topological polar surface area (TPSA) is 35.8 Å². The molecule has 1 N–H and O–H groups in total. The maximum atomic E-state index is 9.00. The molecule has 0 aliphatic heterocycles. The number of nitriles is 1. The van der Waals surface area contributed by atoms with Gasteiger partial charge in [-0.15, -0.1) is 12.3 Å². The molecule has 1 atom stereocenters. The van der Waals surface area contributed by atoms with Crippen molar-refractivity contribution in [3.05, 3.63) is 28.8 Å². The van der Waals surface area contributed by atoms with Crippen molar-refractivity contribution in [1.29, 1.82) is 5.26 Å². The highest BCUT2D eigenvalue weighted by Gasteiger charge is 2.10. The van der Waals surface area contributed by atoms with Crippen molar-refractivity contribution in [1.82, 2.24) is 0 Å². The van der Waals surface area contributed by atoms with E-state index in [2.05, 4.69) is 17.3 Å². The third kappa shape index (κ3) is 2.92. The monoisotopic (exact) mass is 232 g/mol. The van der Waals surface area contributed by atoms with Gasteiger partial charge in [0, 0.05) is 12.5 Å². The first-order chi connectivity index (χ1) is 7.72. The van der Waals surface area contributed by atoms with Crippen molar-refractivity contribution in [3.8, 4) is 18.4 Å². The van der Waals surface area contributed by atoms with Crippen LogP contribution in [-0.4, -0.2) is 6.04 Å². The second-order valence-electron chi connectivity index (χ2n) is 3.43. The Bertz CT molecular complexity index is 440. The second-order valence-corrected chi connectivity index (χ2v) is 3.84. The van der Waals surface area contributed by atoms with Gasteiger partial charge in [-0.05, 0) is 18.6 Å². The Morgan fingerprint density at radius 1 is 1.56 bits per heavy atom. The number of nitrogens with one attached hydrogen (secondary N) is 1. The van der Waals surface area contributed by atoms with E-state index in [0.29, 0.717) is 17.0 Å². The van der Waals surface area contributed by atoms with Crippen LogP contribution in [0.2, 0.25) is 5.02 Å². The van der Waals surface area contributed by atoms with Gasteiger partial charge >= 0.3 is 0 Å². The Balaban J connectivity index is 2.93. The molecule has 0 aliphatic carbocycles. The SMILES string of the molecule is C#CCC(CC)Nc1cccc(Cl)c1C#N. The first-order valence-corrected chi connectivity index (χ1v) is 5.49. The molecule has 1 unspecified atom stereocenters. The van der Waals surface area contributed by atoms with Gasteiger partial charge in [0.2, 0.25) is 0 Å². The van der Waals surface area contributed by atoms with Gasteiger partial charge < -0.3 is 5.32 Å². The summed E-state index contributed by atoms with van der Waals surface area (Å²) in [5.74, 6) is 2.61. The van der Waals surface area contributed by atoms with Gasteiger partial charge in [0.05, 0.1) is 16.3 Å². The zero-order valence-electron chi connectivity index (χ0n) is 9.13. The fourth-order valence-corrected chi connectivity index (χ4v) is 1.63. The summed E-state index contributed by atoms with van der Waals surface area (Å²) in [5, 5.41) is 12.7. The molecule has 1 aromatic carbocycles. The van der Waals surface area contributed by atoms with Crippen molar-refractivity contribution < 1.29 is 0 Å². The summed E-state index contributed by atoms with van der Waals surface area (Å²) in [7, 11) is 0. The summed E-state index contributed by atoms with van der Waals surface area (Å²) in [4.78, 5) is 0. The number of terminal acetylenes is 1. The van der Waals surface area contributed by atoms with Gasteiger partial charge in [-0.2, -0.15) is 5.26 Å². The van der Waals surface area contributed by atoms with E-state index in [4.69, 9.17) is 23.3 Å². The van der Waals surface area contributed by atoms with Crippen LogP contribution in [0.15, 0.2) is 18.2 Å².